The standard InChI is InChI=1S/C17H21N3O4S2/c1-12-16(15(24-19-12)8-7-14-6-4-10-25-14)26(22,23)20-9-3-5-13(11-20)17(21)18-2/h4,6-8,10,13H,3,5,9,11H2,1-2H3,(H,18,21)/b8-7+/t13-/m0/s1. The molecule has 140 valence electrons. The van der Waals surface area contributed by atoms with Gasteiger partial charge in [0.25, 0.3) is 0 Å². The topological polar surface area (TPSA) is 92.5 Å². The largest absolute Gasteiger partial charge is 0.359 e. The maximum Gasteiger partial charge on any atom is 0.248 e. The van der Waals surface area contributed by atoms with Crippen molar-refractivity contribution < 1.29 is 17.7 Å². The van der Waals surface area contributed by atoms with Gasteiger partial charge in [0.05, 0.1) is 5.92 Å². The van der Waals surface area contributed by atoms with E-state index in [1.807, 2.05) is 17.5 Å². The molecule has 1 saturated heterocycles. The van der Waals surface area contributed by atoms with Gasteiger partial charge in [0.2, 0.25) is 15.9 Å². The van der Waals surface area contributed by atoms with Crippen LogP contribution in [0.3, 0.4) is 0 Å². The SMILES string of the molecule is CNC(=O)[C@H]1CCCN(S(=O)(=O)c2c(C)noc2/C=C/c2cccs2)C1. The van der Waals surface area contributed by atoms with E-state index < -0.39 is 10.0 Å². The second-order valence-electron chi connectivity index (χ2n) is 6.13. The van der Waals surface area contributed by atoms with E-state index in [1.54, 1.807) is 37.5 Å². The minimum atomic E-state index is -3.80. The minimum absolute atomic E-state index is 0.0721. The Morgan fingerprint density at radius 2 is 2.27 bits per heavy atom. The van der Waals surface area contributed by atoms with Gasteiger partial charge in [0, 0.05) is 25.0 Å². The number of aromatic nitrogens is 1. The zero-order valence-corrected chi connectivity index (χ0v) is 16.3. The summed E-state index contributed by atoms with van der Waals surface area (Å²) in [6, 6.07) is 3.84. The van der Waals surface area contributed by atoms with Gasteiger partial charge in [-0.15, -0.1) is 11.3 Å². The van der Waals surface area contributed by atoms with Gasteiger partial charge in [-0.1, -0.05) is 11.2 Å². The first-order valence-electron chi connectivity index (χ1n) is 8.33. The molecule has 3 rings (SSSR count). The van der Waals surface area contributed by atoms with E-state index in [9.17, 15) is 13.2 Å². The van der Waals surface area contributed by atoms with E-state index in [4.69, 9.17) is 4.52 Å². The fraction of sp³-hybridized carbons (Fsp3) is 0.412. The molecule has 2 aromatic heterocycles. The lowest BCUT2D eigenvalue weighted by Crippen LogP contribution is -2.44. The molecule has 0 aromatic carbocycles. The summed E-state index contributed by atoms with van der Waals surface area (Å²) in [6.07, 6.45) is 4.74. The van der Waals surface area contributed by atoms with E-state index in [2.05, 4.69) is 10.5 Å². The number of nitrogens with one attached hydrogen (secondary N) is 1. The van der Waals surface area contributed by atoms with Crippen LogP contribution in [-0.4, -0.2) is 43.9 Å². The van der Waals surface area contributed by atoms with Gasteiger partial charge in [-0.2, -0.15) is 4.31 Å². The molecule has 7 nitrogen and oxygen atoms in total. The first kappa shape index (κ1) is 18.8. The van der Waals surface area contributed by atoms with Crippen LogP contribution in [0.25, 0.3) is 12.2 Å². The second-order valence-corrected chi connectivity index (χ2v) is 8.98. The first-order chi connectivity index (χ1) is 12.4. The van der Waals surface area contributed by atoms with Crippen molar-refractivity contribution in [1.82, 2.24) is 14.8 Å². The lowest BCUT2D eigenvalue weighted by Gasteiger charge is -2.30. The highest BCUT2D eigenvalue weighted by atomic mass is 32.2. The molecule has 1 aliphatic rings. The third-order valence-electron chi connectivity index (χ3n) is 4.37. The molecule has 9 heteroatoms. The molecule has 3 heterocycles. The predicted octanol–water partition coefficient (Wildman–Crippen LogP) is 2.36. The number of amides is 1. The van der Waals surface area contributed by atoms with Crippen molar-refractivity contribution in [3.63, 3.8) is 0 Å². The van der Waals surface area contributed by atoms with Gasteiger partial charge in [-0.25, -0.2) is 8.42 Å². The molecule has 1 atom stereocenters. The Balaban J connectivity index is 1.90. The highest BCUT2D eigenvalue weighted by molar-refractivity contribution is 7.89. The summed E-state index contributed by atoms with van der Waals surface area (Å²) in [5, 5.41) is 8.38. The Morgan fingerprint density at radius 1 is 1.46 bits per heavy atom. The van der Waals surface area contributed by atoms with E-state index >= 15 is 0 Å². The second kappa shape index (κ2) is 7.73. The smallest absolute Gasteiger partial charge is 0.248 e. The maximum absolute atomic E-state index is 13.2. The van der Waals surface area contributed by atoms with Crippen LogP contribution in [0.4, 0.5) is 0 Å². The number of piperidine rings is 1. The Bertz CT molecular complexity index is 901. The molecule has 0 spiro atoms. The van der Waals surface area contributed by atoms with Gasteiger partial charge in [0.1, 0.15) is 5.69 Å². The van der Waals surface area contributed by atoms with Crippen molar-refractivity contribution in [3.05, 3.63) is 33.8 Å². The van der Waals surface area contributed by atoms with Gasteiger partial charge in [-0.05, 0) is 43.4 Å². The van der Waals surface area contributed by atoms with Crippen LogP contribution in [0.15, 0.2) is 26.9 Å². The first-order valence-corrected chi connectivity index (χ1v) is 10.6. The van der Waals surface area contributed by atoms with Crippen molar-refractivity contribution in [3.8, 4) is 0 Å². The molecule has 1 N–H and O–H groups in total. The third-order valence-corrected chi connectivity index (χ3v) is 7.24. The molecule has 0 unspecified atom stereocenters. The van der Waals surface area contributed by atoms with Crippen LogP contribution < -0.4 is 5.32 Å². The highest BCUT2D eigenvalue weighted by Gasteiger charge is 2.36. The molecule has 0 saturated carbocycles. The van der Waals surface area contributed by atoms with Crippen molar-refractivity contribution in [2.24, 2.45) is 5.92 Å². The van der Waals surface area contributed by atoms with Crippen molar-refractivity contribution in [1.29, 1.82) is 0 Å². The van der Waals surface area contributed by atoms with E-state index in [0.717, 1.165) is 4.88 Å². The molecular formula is C17H21N3O4S2. The lowest BCUT2D eigenvalue weighted by atomic mass is 9.99. The molecule has 0 radical (unpaired) electrons. The van der Waals surface area contributed by atoms with E-state index in [0.29, 0.717) is 25.1 Å². The van der Waals surface area contributed by atoms with Crippen molar-refractivity contribution in [2.75, 3.05) is 20.1 Å². The number of rotatable bonds is 5. The van der Waals surface area contributed by atoms with Crippen LogP contribution in [0.2, 0.25) is 0 Å². The number of sulfonamides is 1. The minimum Gasteiger partial charge on any atom is -0.359 e. The Hall–Kier alpha value is -1.97. The molecule has 26 heavy (non-hydrogen) atoms. The number of hydrogen-bond donors (Lipinski definition) is 1. The van der Waals surface area contributed by atoms with Crippen LogP contribution in [0.5, 0.6) is 0 Å². The summed E-state index contributed by atoms with van der Waals surface area (Å²) < 4.78 is 33.0. The summed E-state index contributed by atoms with van der Waals surface area (Å²) in [5.74, 6) is -0.267. The summed E-state index contributed by atoms with van der Waals surface area (Å²) in [5.41, 5.74) is 0.317. The maximum atomic E-state index is 13.2. The number of carbonyl (C=O) groups excluding carboxylic acids is 1. The molecule has 0 bridgehead atoms. The predicted molar refractivity (Wildman–Crippen MR) is 100 cm³/mol. The van der Waals surface area contributed by atoms with Crippen molar-refractivity contribution >= 4 is 39.4 Å². The van der Waals surface area contributed by atoms with E-state index in [-0.39, 0.29) is 29.0 Å². The quantitative estimate of drug-likeness (QED) is 0.839. The Labute approximate surface area is 156 Å². The molecule has 1 fully saturated rings. The number of thiophene rings is 1. The average molecular weight is 396 g/mol. The zero-order chi connectivity index (χ0) is 18.7. The van der Waals surface area contributed by atoms with Gasteiger partial charge in [0.15, 0.2) is 10.7 Å². The van der Waals surface area contributed by atoms with Crippen LogP contribution >= 0.6 is 11.3 Å². The van der Waals surface area contributed by atoms with Gasteiger partial charge < -0.3 is 9.84 Å². The monoisotopic (exact) mass is 395 g/mol. The summed E-state index contributed by atoms with van der Waals surface area (Å²) >= 11 is 1.54. The molecule has 0 aliphatic carbocycles. The van der Waals surface area contributed by atoms with E-state index in [1.165, 1.54) is 4.31 Å². The number of nitrogens with zero attached hydrogens (tertiary/aromatic N) is 2. The van der Waals surface area contributed by atoms with Gasteiger partial charge in [-0.3, -0.25) is 4.79 Å². The lowest BCUT2D eigenvalue weighted by molar-refractivity contribution is -0.125. The summed E-state index contributed by atoms with van der Waals surface area (Å²) in [7, 11) is -2.23. The number of hydrogen-bond acceptors (Lipinski definition) is 6. The van der Waals surface area contributed by atoms with Crippen molar-refractivity contribution in [2.45, 2.75) is 24.7 Å². The Kier molecular flexibility index (Phi) is 5.59. The van der Waals surface area contributed by atoms with Gasteiger partial charge >= 0.3 is 0 Å². The fourth-order valence-corrected chi connectivity index (χ4v) is 5.44. The Morgan fingerprint density at radius 3 is 2.96 bits per heavy atom. The molecular weight excluding hydrogens is 374 g/mol. The molecule has 1 aliphatic heterocycles. The third kappa shape index (κ3) is 3.74. The number of aryl methyl sites for hydroxylation is 1. The number of carbonyl (C=O) groups is 1. The molecule has 1 amide bonds. The summed E-state index contributed by atoms with van der Waals surface area (Å²) in [6.45, 7) is 2.16. The van der Waals surface area contributed by atoms with Crippen LogP contribution in [0, 0.1) is 12.8 Å². The highest BCUT2D eigenvalue weighted by Crippen LogP contribution is 2.29. The van der Waals surface area contributed by atoms with Crippen LogP contribution in [0.1, 0.15) is 29.2 Å². The van der Waals surface area contributed by atoms with Crippen LogP contribution in [-0.2, 0) is 14.8 Å². The normalized spacial score (nSPS) is 19.1. The summed E-state index contributed by atoms with van der Waals surface area (Å²) in [4.78, 5) is 13.0. The molecule has 2 aromatic rings. The fourth-order valence-electron chi connectivity index (χ4n) is 3.05. The zero-order valence-electron chi connectivity index (χ0n) is 14.6. The average Bonchev–Trinajstić information content (AvgIpc) is 3.29.